The summed E-state index contributed by atoms with van der Waals surface area (Å²) in [6.45, 7) is 7.76. The highest BCUT2D eigenvalue weighted by Gasteiger charge is 2.34. The predicted molar refractivity (Wildman–Crippen MR) is 139 cm³/mol. The Kier molecular flexibility index (Phi) is 7.80. The van der Waals surface area contributed by atoms with Crippen molar-refractivity contribution in [1.82, 2.24) is 4.90 Å². The molecule has 0 radical (unpaired) electrons. The average Bonchev–Trinajstić information content (AvgIpc) is 3.21. The highest BCUT2D eigenvalue weighted by Crippen LogP contribution is 2.35. The molecular formula is C31H35NO3. The minimum absolute atomic E-state index is 0.0332. The lowest BCUT2D eigenvalue weighted by molar-refractivity contribution is -0.140. The van der Waals surface area contributed by atoms with Crippen LogP contribution in [0.4, 0.5) is 0 Å². The van der Waals surface area contributed by atoms with E-state index in [2.05, 4.69) is 56.0 Å². The van der Waals surface area contributed by atoms with E-state index in [4.69, 9.17) is 0 Å². The van der Waals surface area contributed by atoms with Gasteiger partial charge in [-0.25, -0.2) is 0 Å². The van der Waals surface area contributed by atoms with Crippen LogP contribution in [0.25, 0.3) is 0 Å². The number of allylic oxidation sites excluding steroid dienone is 1. The molecule has 1 fully saturated rings. The molecule has 182 valence electrons. The van der Waals surface area contributed by atoms with Crippen molar-refractivity contribution in [2.75, 3.05) is 0 Å². The lowest BCUT2D eigenvalue weighted by Crippen LogP contribution is -2.41. The Balaban J connectivity index is 1.34. The molecule has 4 nitrogen and oxygen atoms in total. The largest absolute Gasteiger partial charge is 0.289 e. The van der Waals surface area contributed by atoms with Crippen LogP contribution in [0.3, 0.4) is 0 Å². The van der Waals surface area contributed by atoms with Crippen LogP contribution in [0.5, 0.6) is 0 Å². The highest BCUT2D eigenvalue weighted by molar-refractivity contribution is 6.13. The lowest BCUT2D eigenvalue weighted by Gasteiger charge is -2.33. The summed E-state index contributed by atoms with van der Waals surface area (Å²) in [4.78, 5) is 38.0. The topological polar surface area (TPSA) is 54.5 Å². The van der Waals surface area contributed by atoms with Gasteiger partial charge in [0.2, 0.25) is 0 Å². The number of carbonyl (C=O) groups is 3. The molecule has 0 spiro atoms. The Hall–Kier alpha value is -3.27. The molecule has 0 atom stereocenters. The van der Waals surface area contributed by atoms with Crippen molar-refractivity contribution < 1.29 is 14.4 Å². The van der Waals surface area contributed by atoms with Crippen LogP contribution in [-0.2, 0) is 28.9 Å². The molecule has 0 unspecified atom stereocenters. The zero-order valence-corrected chi connectivity index (χ0v) is 20.9. The summed E-state index contributed by atoms with van der Waals surface area (Å²) in [6.07, 6.45) is 10.2. The van der Waals surface area contributed by atoms with Crippen LogP contribution in [-0.4, -0.2) is 28.5 Å². The maximum absolute atomic E-state index is 12.6. The first-order valence-corrected chi connectivity index (χ1v) is 12.8. The summed E-state index contributed by atoms with van der Waals surface area (Å²) in [6, 6.07) is 15.2. The van der Waals surface area contributed by atoms with Gasteiger partial charge in [0.15, 0.2) is 5.78 Å². The van der Waals surface area contributed by atoms with E-state index in [1.165, 1.54) is 33.7 Å². The fraction of sp³-hybridized carbons (Fsp3) is 0.387. The van der Waals surface area contributed by atoms with E-state index in [1.54, 1.807) is 6.92 Å². The zero-order valence-electron chi connectivity index (χ0n) is 20.9. The van der Waals surface area contributed by atoms with Gasteiger partial charge in [-0.05, 0) is 91.7 Å². The van der Waals surface area contributed by atoms with Gasteiger partial charge in [0.25, 0.3) is 11.8 Å². The van der Waals surface area contributed by atoms with Gasteiger partial charge in [-0.15, -0.1) is 0 Å². The summed E-state index contributed by atoms with van der Waals surface area (Å²) < 4.78 is 0. The first kappa shape index (κ1) is 24.8. The maximum Gasteiger partial charge on any atom is 0.253 e. The third-order valence-electron chi connectivity index (χ3n) is 7.38. The number of benzene rings is 2. The molecule has 1 saturated carbocycles. The molecule has 0 aromatic heterocycles. The molecular weight excluding hydrogens is 434 g/mol. The van der Waals surface area contributed by atoms with Gasteiger partial charge >= 0.3 is 0 Å². The zero-order chi connectivity index (χ0) is 24.9. The van der Waals surface area contributed by atoms with Crippen LogP contribution in [0.15, 0.2) is 66.8 Å². The molecule has 2 aromatic rings. The van der Waals surface area contributed by atoms with Crippen molar-refractivity contribution >= 4 is 17.6 Å². The molecule has 35 heavy (non-hydrogen) atoms. The SMILES string of the molecule is C=C(C)C(=O)c1cc(CCc2ccc(C3CCC(N4C(=O)C=CC4=O)CC3)cc2)ccc1CCC. The van der Waals surface area contributed by atoms with E-state index < -0.39 is 0 Å². The van der Waals surface area contributed by atoms with Gasteiger partial charge < -0.3 is 0 Å². The van der Waals surface area contributed by atoms with Crippen molar-refractivity contribution in [3.63, 3.8) is 0 Å². The van der Waals surface area contributed by atoms with Crippen molar-refractivity contribution in [3.05, 3.63) is 94.6 Å². The Bertz CT molecular complexity index is 1130. The number of Topliss-reactive ketones (excluding diaryl/α,β-unsaturated/α-hetero) is 1. The maximum atomic E-state index is 12.6. The number of carbonyl (C=O) groups excluding carboxylic acids is 3. The summed E-state index contributed by atoms with van der Waals surface area (Å²) in [5, 5.41) is 0. The van der Waals surface area contributed by atoms with Gasteiger partial charge in [0.05, 0.1) is 0 Å². The van der Waals surface area contributed by atoms with Crippen LogP contribution >= 0.6 is 0 Å². The molecule has 0 bridgehead atoms. The molecule has 4 rings (SSSR count). The third kappa shape index (κ3) is 5.70. The quantitative estimate of drug-likeness (QED) is 0.252. The number of amides is 2. The number of hydrogen-bond donors (Lipinski definition) is 0. The van der Waals surface area contributed by atoms with E-state index in [0.29, 0.717) is 11.5 Å². The highest BCUT2D eigenvalue weighted by atomic mass is 16.2. The molecule has 1 heterocycles. The number of aryl methyl sites for hydroxylation is 3. The van der Waals surface area contributed by atoms with Gasteiger partial charge in [-0.3, -0.25) is 19.3 Å². The summed E-state index contributed by atoms with van der Waals surface area (Å²) in [7, 11) is 0. The van der Waals surface area contributed by atoms with E-state index in [1.807, 2.05) is 0 Å². The summed E-state index contributed by atoms with van der Waals surface area (Å²) in [5.74, 6) is 0.185. The lowest BCUT2D eigenvalue weighted by atomic mass is 9.81. The number of ketones is 1. The van der Waals surface area contributed by atoms with Crippen LogP contribution < -0.4 is 0 Å². The first-order valence-electron chi connectivity index (χ1n) is 12.8. The standard InChI is InChI=1S/C31H35NO3/c1-4-5-26-13-10-23(20-28(26)31(35)21(2)3)7-6-22-8-11-24(12-9-22)25-14-16-27(17-15-25)32-29(33)18-19-30(32)34/h8-13,18-20,25,27H,2,4-7,14-17H2,1,3H3. The Morgan fingerprint density at radius 3 is 2.09 bits per heavy atom. The Morgan fingerprint density at radius 2 is 1.49 bits per heavy atom. The fourth-order valence-corrected chi connectivity index (χ4v) is 5.39. The second-order valence-corrected chi connectivity index (χ2v) is 9.98. The first-order chi connectivity index (χ1) is 16.9. The Labute approximate surface area is 208 Å². The van der Waals surface area contributed by atoms with E-state index >= 15 is 0 Å². The number of nitrogens with zero attached hydrogens (tertiary/aromatic N) is 1. The molecule has 2 amide bonds. The summed E-state index contributed by atoms with van der Waals surface area (Å²) in [5.41, 5.74) is 6.29. The predicted octanol–water partition coefficient (Wildman–Crippen LogP) is 6.13. The van der Waals surface area contributed by atoms with Crippen molar-refractivity contribution in [1.29, 1.82) is 0 Å². The number of imide groups is 1. The molecule has 4 heteroatoms. The molecule has 1 aliphatic carbocycles. The monoisotopic (exact) mass is 469 g/mol. The van der Waals surface area contributed by atoms with Crippen molar-refractivity contribution in [2.45, 2.75) is 77.2 Å². The second kappa shape index (κ2) is 11.0. The molecule has 0 N–H and O–H groups in total. The minimum Gasteiger partial charge on any atom is -0.289 e. The normalized spacial score (nSPS) is 19.9. The smallest absolute Gasteiger partial charge is 0.253 e. The van der Waals surface area contributed by atoms with Gasteiger partial charge in [-0.1, -0.05) is 56.3 Å². The summed E-state index contributed by atoms with van der Waals surface area (Å²) >= 11 is 0. The molecule has 1 aliphatic heterocycles. The minimum atomic E-state index is -0.168. The fourth-order valence-electron chi connectivity index (χ4n) is 5.39. The van der Waals surface area contributed by atoms with Gasteiger partial charge in [0, 0.05) is 23.8 Å². The van der Waals surface area contributed by atoms with E-state index in [9.17, 15) is 14.4 Å². The molecule has 0 saturated heterocycles. The second-order valence-electron chi connectivity index (χ2n) is 9.98. The van der Waals surface area contributed by atoms with Crippen LogP contribution in [0.1, 0.15) is 84.5 Å². The van der Waals surface area contributed by atoms with Crippen molar-refractivity contribution in [2.24, 2.45) is 0 Å². The molecule has 2 aromatic carbocycles. The third-order valence-corrected chi connectivity index (χ3v) is 7.38. The van der Waals surface area contributed by atoms with E-state index in [-0.39, 0.29) is 23.6 Å². The Morgan fingerprint density at radius 1 is 0.886 bits per heavy atom. The molecule has 2 aliphatic rings. The van der Waals surface area contributed by atoms with E-state index in [0.717, 1.165) is 62.5 Å². The van der Waals surface area contributed by atoms with Gasteiger partial charge in [-0.2, -0.15) is 0 Å². The number of rotatable bonds is 9. The van der Waals surface area contributed by atoms with Crippen molar-refractivity contribution in [3.8, 4) is 0 Å². The van der Waals surface area contributed by atoms with Crippen LogP contribution in [0.2, 0.25) is 0 Å². The number of hydrogen-bond acceptors (Lipinski definition) is 3. The average molecular weight is 470 g/mol. The van der Waals surface area contributed by atoms with Gasteiger partial charge in [0.1, 0.15) is 0 Å². The van der Waals surface area contributed by atoms with Crippen LogP contribution in [0, 0.1) is 0 Å².